The van der Waals surface area contributed by atoms with Gasteiger partial charge in [0.1, 0.15) is 18.6 Å². The quantitative estimate of drug-likeness (QED) is 0.196. The Balaban J connectivity index is 1.30. The van der Waals surface area contributed by atoms with Gasteiger partial charge < -0.3 is 4.74 Å². The van der Waals surface area contributed by atoms with Crippen molar-refractivity contribution in [3.05, 3.63) is 112 Å². The summed E-state index contributed by atoms with van der Waals surface area (Å²) in [7, 11) is 0. The normalized spacial score (nSPS) is 11.2. The minimum absolute atomic E-state index is 0.475. The number of ether oxygens (including phenoxy) is 1. The molecule has 5 rings (SSSR count). The first-order valence-electron chi connectivity index (χ1n) is 11.9. The predicted octanol–water partition coefficient (Wildman–Crippen LogP) is 6.88. The second-order valence-corrected chi connectivity index (χ2v) is 9.19. The highest BCUT2D eigenvalue weighted by atomic mass is 16.5. The molecule has 4 nitrogen and oxygen atoms in total. The van der Waals surface area contributed by atoms with Gasteiger partial charge in [-0.25, -0.2) is 0 Å². The van der Waals surface area contributed by atoms with E-state index in [1.807, 2.05) is 43.5 Å². The van der Waals surface area contributed by atoms with Crippen LogP contribution in [0.1, 0.15) is 43.9 Å². The summed E-state index contributed by atoms with van der Waals surface area (Å²) in [5.41, 5.74) is 9.64. The van der Waals surface area contributed by atoms with E-state index in [2.05, 4.69) is 50.2 Å². The van der Waals surface area contributed by atoms with Crippen LogP contribution in [0.2, 0.25) is 0 Å². The highest BCUT2D eigenvalue weighted by Gasteiger charge is 2.09. The van der Waals surface area contributed by atoms with Gasteiger partial charge in [-0.05, 0) is 85.7 Å². The number of carbonyl (C=O) groups is 1. The average molecular weight is 461 g/mol. The van der Waals surface area contributed by atoms with E-state index in [0.29, 0.717) is 12.2 Å². The van der Waals surface area contributed by atoms with E-state index in [9.17, 15) is 4.79 Å². The molecule has 0 saturated heterocycles. The Labute approximate surface area is 205 Å². The van der Waals surface area contributed by atoms with Crippen molar-refractivity contribution in [2.45, 2.75) is 40.2 Å². The number of carbonyl (C=O) groups excluding carboxylic acids is 1. The molecule has 35 heavy (non-hydrogen) atoms. The van der Waals surface area contributed by atoms with E-state index in [1.54, 1.807) is 0 Å². The van der Waals surface area contributed by atoms with Crippen LogP contribution < -0.4 is 4.74 Å². The van der Waals surface area contributed by atoms with E-state index in [4.69, 9.17) is 14.7 Å². The lowest BCUT2D eigenvalue weighted by Crippen LogP contribution is -1.99. The van der Waals surface area contributed by atoms with Crippen molar-refractivity contribution in [2.24, 2.45) is 0 Å². The molecule has 0 spiro atoms. The van der Waals surface area contributed by atoms with E-state index in [-0.39, 0.29) is 0 Å². The third-order valence-electron chi connectivity index (χ3n) is 6.54. The number of aldehydes is 1. The molecule has 2 heterocycles. The van der Waals surface area contributed by atoms with Crippen LogP contribution in [-0.4, -0.2) is 16.3 Å². The van der Waals surface area contributed by atoms with E-state index in [0.717, 1.165) is 52.6 Å². The molecule has 0 aliphatic rings. The molecule has 4 heteroatoms. The van der Waals surface area contributed by atoms with Crippen LogP contribution in [-0.2, 0) is 19.4 Å². The molecule has 0 unspecified atom stereocenters. The standard InChI is InChI=1S/C31H28N2O2/c1-20-4-13-28-29-16-25(17-32-31(29)22(3)33-30(28)14-20)9-10-26-11-12-27(15-21(26)2)35-19-24-7-5-23(18-34)6-8-24/h4-8,11-18H,9-10,19H2,1-3H3. The second-order valence-electron chi connectivity index (χ2n) is 9.19. The van der Waals surface area contributed by atoms with Gasteiger partial charge in [-0.1, -0.05) is 42.5 Å². The Bertz CT molecular complexity index is 1540. The molecule has 0 N–H and O–H groups in total. The Morgan fingerprint density at radius 2 is 1.66 bits per heavy atom. The van der Waals surface area contributed by atoms with Gasteiger partial charge in [0.25, 0.3) is 0 Å². The number of pyridine rings is 2. The van der Waals surface area contributed by atoms with Crippen molar-refractivity contribution in [2.75, 3.05) is 0 Å². The first kappa shape index (κ1) is 22.7. The fourth-order valence-corrected chi connectivity index (χ4v) is 4.51. The lowest BCUT2D eigenvalue weighted by molar-refractivity contribution is 0.112. The number of aromatic nitrogens is 2. The number of rotatable bonds is 7. The summed E-state index contributed by atoms with van der Waals surface area (Å²) in [6.07, 6.45) is 4.69. The maximum absolute atomic E-state index is 10.8. The molecule has 0 radical (unpaired) electrons. The first-order chi connectivity index (χ1) is 17.0. The maximum Gasteiger partial charge on any atom is 0.150 e. The summed E-state index contributed by atoms with van der Waals surface area (Å²) in [5.74, 6) is 0.850. The molecule has 0 aliphatic heterocycles. The molecule has 5 aromatic rings. The molecule has 0 amide bonds. The topological polar surface area (TPSA) is 52.1 Å². The van der Waals surface area contributed by atoms with Gasteiger partial charge in [0.2, 0.25) is 0 Å². The zero-order valence-electron chi connectivity index (χ0n) is 20.3. The van der Waals surface area contributed by atoms with Crippen LogP contribution >= 0.6 is 0 Å². The smallest absolute Gasteiger partial charge is 0.150 e. The molecule has 0 saturated carbocycles. The summed E-state index contributed by atoms with van der Waals surface area (Å²) in [6, 6.07) is 22.5. The van der Waals surface area contributed by atoms with E-state index < -0.39 is 0 Å². The van der Waals surface area contributed by atoms with Crippen LogP contribution in [0.25, 0.3) is 21.8 Å². The molecular formula is C31H28N2O2. The summed E-state index contributed by atoms with van der Waals surface area (Å²) in [5, 5.41) is 2.33. The van der Waals surface area contributed by atoms with Crippen molar-refractivity contribution in [3.63, 3.8) is 0 Å². The maximum atomic E-state index is 10.8. The summed E-state index contributed by atoms with van der Waals surface area (Å²) in [6.45, 7) is 6.73. The largest absolute Gasteiger partial charge is 0.489 e. The van der Waals surface area contributed by atoms with Crippen LogP contribution in [0.5, 0.6) is 5.75 Å². The summed E-state index contributed by atoms with van der Waals surface area (Å²) < 4.78 is 5.97. The zero-order valence-corrected chi connectivity index (χ0v) is 20.3. The van der Waals surface area contributed by atoms with Crippen LogP contribution in [0, 0.1) is 20.8 Å². The fraction of sp³-hybridized carbons (Fsp3) is 0.194. The number of nitrogens with zero attached hydrogens (tertiary/aromatic N) is 2. The number of hydrogen-bond acceptors (Lipinski definition) is 4. The van der Waals surface area contributed by atoms with Gasteiger partial charge in [0.15, 0.2) is 0 Å². The number of hydrogen-bond donors (Lipinski definition) is 0. The van der Waals surface area contributed by atoms with Crippen LogP contribution in [0.4, 0.5) is 0 Å². The lowest BCUT2D eigenvalue weighted by atomic mass is 9.99. The Morgan fingerprint density at radius 1 is 0.829 bits per heavy atom. The number of aryl methyl sites for hydroxylation is 5. The first-order valence-corrected chi connectivity index (χ1v) is 11.9. The fourth-order valence-electron chi connectivity index (χ4n) is 4.51. The molecular weight excluding hydrogens is 432 g/mol. The Morgan fingerprint density at radius 3 is 2.43 bits per heavy atom. The van der Waals surface area contributed by atoms with Gasteiger partial charge in [-0.2, -0.15) is 0 Å². The van der Waals surface area contributed by atoms with Gasteiger partial charge in [0, 0.05) is 22.5 Å². The van der Waals surface area contributed by atoms with E-state index >= 15 is 0 Å². The Hall–Kier alpha value is -4.05. The lowest BCUT2D eigenvalue weighted by Gasteiger charge is -2.12. The van der Waals surface area contributed by atoms with Crippen molar-refractivity contribution < 1.29 is 9.53 Å². The molecule has 0 aliphatic carbocycles. The number of fused-ring (bicyclic) bond motifs is 3. The number of benzene rings is 3. The second kappa shape index (κ2) is 9.67. The van der Waals surface area contributed by atoms with Gasteiger partial charge in [0.05, 0.1) is 16.7 Å². The van der Waals surface area contributed by atoms with Crippen LogP contribution in [0.15, 0.2) is 72.9 Å². The monoisotopic (exact) mass is 460 g/mol. The van der Waals surface area contributed by atoms with Crippen molar-refractivity contribution >= 4 is 28.1 Å². The third-order valence-corrected chi connectivity index (χ3v) is 6.54. The molecule has 3 aromatic carbocycles. The zero-order chi connectivity index (χ0) is 24.4. The van der Waals surface area contributed by atoms with Crippen LogP contribution in [0.3, 0.4) is 0 Å². The Kier molecular flexibility index (Phi) is 6.28. The van der Waals surface area contributed by atoms with Gasteiger partial charge in [-0.3, -0.25) is 14.8 Å². The molecule has 0 fully saturated rings. The molecule has 0 bridgehead atoms. The summed E-state index contributed by atoms with van der Waals surface area (Å²) >= 11 is 0. The van der Waals surface area contributed by atoms with Gasteiger partial charge >= 0.3 is 0 Å². The van der Waals surface area contributed by atoms with Crippen molar-refractivity contribution in [1.29, 1.82) is 0 Å². The van der Waals surface area contributed by atoms with E-state index in [1.165, 1.54) is 27.6 Å². The predicted molar refractivity (Wildman–Crippen MR) is 141 cm³/mol. The highest BCUT2D eigenvalue weighted by Crippen LogP contribution is 2.27. The molecule has 0 atom stereocenters. The third kappa shape index (κ3) is 4.92. The summed E-state index contributed by atoms with van der Waals surface area (Å²) in [4.78, 5) is 20.3. The SMILES string of the molecule is Cc1ccc2c(c1)nc(C)c1ncc(CCc3ccc(OCc4ccc(C=O)cc4)cc3C)cc12. The highest BCUT2D eigenvalue weighted by molar-refractivity contribution is 6.05. The van der Waals surface area contributed by atoms with Crippen molar-refractivity contribution in [3.8, 4) is 5.75 Å². The minimum Gasteiger partial charge on any atom is -0.489 e. The minimum atomic E-state index is 0.475. The molecule has 2 aromatic heterocycles. The molecule has 174 valence electrons. The van der Waals surface area contributed by atoms with Crippen molar-refractivity contribution in [1.82, 2.24) is 9.97 Å². The average Bonchev–Trinajstić information content (AvgIpc) is 2.87. The van der Waals surface area contributed by atoms with Gasteiger partial charge in [-0.15, -0.1) is 0 Å².